The van der Waals surface area contributed by atoms with Gasteiger partial charge in [-0.1, -0.05) is 30.3 Å². The van der Waals surface area contributed by atoms with Crippen molar-refractivity contribution in [3.05, 3.63) is 82.0 Å². The van der Waals surface area contributed by atoms with Crippen LogP contribution in [0, 0.1) is 13.8 Å². The van der Waals surface area contributed by atoms with Gasteiger partial charge in [0.05, 0.1) is 10.9 Å². The highest BCUT2D eigenvalue weighted by atomic mass is 16.2. The molecule has 1 atom stereocenters. The molecule has 3 amide bonds. The molecule has 4 rings (SSSR count). The number of nitrogens with one attached hydrogen (secondary N) is 3. The zero-order valence-electron chi connectivity index (χ0n) is 18.1. The van der Waals surface area contributed by atoms with Crippen LogP contribution in [0.4, 0.5) is 10.5 Å². The Morgan fingerprint density at radius 1 is 1.19 bits per heavy atom. The second-order valence-corrected chi connectivity index (χ2v) is 8.01. The number of carbonyl (C=O) groups is 2. The summed E-state index contributed by atoms with van der Waals surface area (Å²) in [4.78, 5) is 42.4. The van der Waals surface area contributed by atoms with E-state index in [9.17, 15) is 14.4 Å². The lowest BCUT2D eigenvalue weighted by atomic mass is 10.0. The van der Waals surface area contributed by atoms with Crippen LogP contribution in [0.1, 0.15) is 35.8 Å². The number of amides is 3. The van der Waals surface area contributed by atoms with Crippen molar-refractivity contribution in [2.24, 2.45) is 0 Å². The van der Waals surface area contributed by atoms with Crippen LogP contribution in [-0.4, -0.2) is 21.5 Å². The van der Waals surface area contributed by atoms with E-state index in [-0.39, 0.29) is 24.0 Å². The van der Waals surface area contributed by atoms with Gasteiger partial charge < -0.3 is 16.0 Å². The Labute approximate surface area is 185 Å². The lowest BCUT2D eigenvalue weighted by Gasteiger charge is -2.26. The molecule has 1 aromatic heterocycles. The van der Waals surface area contributed by atoms with E-state index in [2.05, 4.69) is 27.5 Å². The number of fused-ring (bicyclic) bond motifs is 1. The van der Waals surface area contributed by atoms with Gasteiger partial charge in [0.1, 0.15) is 11.9 Å². The number of nitrogens with zero attached hydrogens (tertiary/aromatic N) is 2. The van der Waals surface area contributed by atoms with Gasteiger partial charge in [-0.2, -0.15) is 0 Å². The summed E-state index contributed by atoms with van der Waals surface area (Å²) in [6.07, 6.45) is 1.11. The average molecular weight is 431 g/mol. The van der Waals surface area contributed by atoms with E-state index in [1.165, 1.54) is 4.57 Å². The lowest BCUT2D eigenvalue weighted by Crippen LogP contribution is -2.41. The van der Waals surface area contributed by atoms with Gasteiger partial charge in [-0.05, 0) is 56.5 Å². The first-order valence-electron chi connectivity index (χ1n) is 10.4. The molecule has 8 heteroatoms. The highest BCUT2D eigenvalue weighted by Crippen LogP contribution is 2.23. The Morgan fingerprint density at radius 2 is 1.94 bits per heavy atom. The molecular formula is C24H25N5O3. The van der Waals surface area contributed by atoms with E-state index in [1.54, 1.807) is 19.1 Å². The van der Waals surface area contributed by atoms with Crippen molar-refractivity contribution in [2.75, 3.05) is 5.32 Å². The van der Waals surface area contributed by atoms with Crippen molar-refractivity contribution >= 4 is 28.5 Å². The Hall–Kier alpha value is -3.94. The first kappa shape index (κ1) is 21.3. The van der Waals surface area contributed by atoms with Crippen LogP contribution in [0.2, 0.25) is 0 Å². The molecule has 8 nitrogen and oxygen atoms in total. The molecule has 0 spiro atoms. The predicted octanol–water partition coefficient (Wildman–Crippen LogP) is 3.30. The Bertz CT molecular complexity index is 1280. The molecule has 0 aliphatic carbocycles. The number of aryl methyl sites for hydroxylation is 2. The molecule has 2 heterocycles. The molecule has 3 aromatic rings. The summed E-state index contributed by atoms with van der Waals surface area (Å²) in [6, 6.07) is 11.8. The van der Waals surface area contributed by atoms with Crippen LogP contribution in [0.25, 0.3) is 10.9 Å². The molecule has 32 heavy (non-hydrogen) atoms. The van der Waals surface area contributed by atoms with Gasteiger partial charge in [0.2, 0.25) is 5.91 Å². The van der Waals surface area contributed by atoms with Crippen molar-refractivity contribution in [3.8, 4) is 0 Å². The van der Waals surface area contributed by atoms with Crippen LogP contribution in [0.3, 0.4) is 0 Å². The molecule has 0 radical (unpaired) electrons. The molecule has 0 bridgehead atoms. The average Bonchev–Trinajstić information content (AvgIpc) is 2.75. The number of benzene rings is 2. The third-order valence-electron chi connectivity index (χ3n) is 5.54. The van der Waals surface area contributed by atoms with Crippen LogP contribution in [0.15, 0.2) is 59.5 Å². The summed E-state index contributed by atoms with van der Waals surface area (Å²) in [5.41, 5.74) is 3.50. The quantitative estimate of drug-likeness (QED) is 0.589. The predicted molar refractivity (Wildman–Crippen MR) is 123 cm³/mol. The van der Waals surface area contributed by atoms with Crippen molar-refractivity contribution in [1.82, 2.24) is 20.2 Å². The van der Waals surface area contributed by atoms with E-state index in [0.29, 0.717) is 41.0 Å². The number of anilines is 1. The smallest absolute Gasteiger partial charge is 0.319 e. The maximum absolute atomic E-state index is 13.3. The van der Waals surface area contributed by atoms with Gasteiger partial charge in [0, 0.05) is 17.9 Å². The first-order chi connectivity index (χ1) is 15.3. The van der Waals surface area contributed by atoms with E-state index >= 15 is 0 Å². The number of urea groups is 1. The fourth-order valence-corrected chi connectivity index (χ4v) is 3.84. The zero-order chi connectivity index (χ0) is 22.8. The third kappa shape index (κ3) is 4.39. The second-order valence-electron chi connectivity index (χ2n) is 8.01. The minimum atomic E-state index is -0.619. The van der Waals surface area contributed by atoms with E-state index in [0.717, 1.165) is 11.1 Å². The van der Waals surface area contributed by atoms with Gasteiger partial charge in [-0.15, -0.1) is 0 Å². The molecule has 0 unspecified atom stereocenters. The molecule has 1 aliphatic heterocycles. The van der Waals surface area contributed by atoms with Crippen molar-refractivity contribution in [3.63, 3.8) is 0 Å². The van der Waals surface area contributed by atoms with Gasteiger partial charge in [0.25, 0.3) is 5.56 Å². The van der Waals surface area contributed by atoms with Crippen LogP contribution < -0.4 is 21.5 Å². The second kappa shape index (κ2) is 8.66. The molecule has 3 N–H and O–H groups in total. The number of carbonyl (C=O) groups excluding carboxylic acids is 2. The summed E-state index contributed by atoms with van der Waals surface area (Å²) in [5, 5.41) is 8.70. The summed E-state index contributed by atoms with van der Waals surface area (Å²) >= 11 is 0. The lowest BCUT2D eigenvalue weighted by molar-refractivity contribution is -0.124. The van der Waals surface area contributed by atoms with Crippen LogP contribution in [0.5, 0.6) is 0 Å². The maximum Gasteiger partial charge on any atom is 0.319 e. The first-order valence-corrected chi connectivity index (χ1v) is 10.4. The monoisotopic (exact) mass is 431 g/mol. The summed E-state index contributed by atoms with van der Waals surface area (Å²) in [7, 11) is 0. The number of hydrogen-bond donors (Lipinski definition) is 3. The zero-order valence-corrected chi connectivity index (χ0v) is 18.1. The van der Waals surface area contributed by atoms with Crippen LogP contribution >= 0.6 is 0 Å². The molecule has 1 aliphatic rings. The number of rotatable bonds is 4. The normalized spacial score (nSPS) is 16.0. The van der Waals surface area contributed by atoms with E-state index in [4.69, 9.17) is 0 Å². The van der Waals surface area contributed by atoms with E-state index in [1.807, 2.05) is 37.3 Å². The van der Waals surface area contributed by atoms with Gasteiger partial charge in [0.15, 0.2) is 0 Å². The van der Waals surface area contributed by atoms with E-state index < -0.39 is 6.04 Å². The molecule has 0 saturated carbocycles. The summed E-state index contributed by atoms with van der Waals surface area (Å²) in [6.45, 7) is 7.73. The number of piperidine rings is 1. The summed E-state index contributed by atoms with van der Waals surface area (Å²) < 4.78 is 1.45. The number of hydrogen-bond acceptors (Lipinski definition) is 4. The Balaban J connectivity index is 1.54. The Morgan fingerprint density at radius 3 is 2.66 bits per heavy atom. The number of allylic oxidation sites excluding steroid dienone is 1. The number of aromatic nitrogens is 2. The molecular weight excluding hydrogens is 406 g/mol. The van der Waals surface area contributed by atoms with Gasteiger partial charge in [-0.25, -0.2) is 9.78 Å². The maximum atomic E-state index is 13.3. The minimum Gasteiger partial charge on any atom is -0.334 e. The van der Waals surface area contributed by atoms with Gasteiger partial charge in [-0.3, -0.25) is 14.2 Å². The van der Waals surface area contributed by atoms with Crippen molar-refractivity contribution in [1.29, 1.82) is 0 Å². The highest BCUT2D eigenvalue weighted by molar-refractivity contribution is 5.89. The molecule has 164 valence electrons. The van der Waals surface area contributed by atoms with Crippen molar-refractivity contribution < 1.29 is 9.59 Å². The molecule has 1 saturated heterocycles. The van der Waals surface area contributed by atoms with Crippen molar-refractivity contribution in [2.45, 2.75) is 39.3 Å². The van der Waals surface area contributed by atoms with Gasteiger partial charge >= 0.3 is 6.03 Å². The fourth-order valence-electron chi connectivity index (χ4n) is 3.84. The SMILES string of the molecule is C=C1CC[C@H](n2c(C)nc3ccc(CNC(=O)Nc4ccc(C)cc4)cc3c2=O)C(=O)N1. The highest BCUT2D eigenvalue weighted by Gasteiger charge is 2.28. The third-order valence-corrected chi connectivity index (χ3v) is 5.54. The standard InChI is InChI=1S/C24H25N5O3/c1-14-4-8-18(9-5-14)28-24(32)25-13-17-7-10-20-19(12-17)23(31)29(16(3)27-20)21-11-6-15(2)26-22(21)30/h4-5,7-10,12,21H,2,6,11,13H2,1,3H3,(H,26,30)(H2,25,28,32)/t21-/m0/s1. The minimum absolute atomic E-state index is 0.241. The molecule has 2 aromatic carbocycles. The Kier molecular flexibility index (Phi) is 5.77. The molecule has 1 fully saturated rings. The largest absolute Gasteiger partial charge is 0.334 e. The summed E-state index contributed by atoms with van der Waals surface area (Å²) in [5.74, 6) is 0.233. The topological polar surface area (TPSA) is 105 Å². The fraction of sp³-hybridized carbons (Fsp3) is 0.250. The van der Waals surface area contributed by atoms with Crippen LogP contribution in [-0.2, 0) is 11.3 Å².